The van der Waals surface area contributed by atoms with E-state index >= 15 is 0 Å². The van der Waals surface area contributed by atoms with Crippen LogP contribution in [0.5, 0.6) is 11.5 Å². The fourth-order valence-electron chi connectivity index (χ4n) is 3.59. The van der Waals surface area contributed by atoms with Crippen LogP contribution in [-0.4, -0.2) is 67.8 Å². The SMILES string of the molecule is CCN1C[C@@H](CN(C)C[C@H](O)COc2ccc(C(C)=O)cc2)Oc2ccccc21. The topological polar surface area (TPSA) is 62.2 Å². The molecule has 0 saturated carbocycles. The summed E-state index contributed by atoms with van der Waals surface area (Å²) in [6.07, 6.45) is -0.576. The zero-order valence-electron chi connectivity index (χ0n) is 17.4. The van der Waals surface area contributed by atoms with Gasteiger partial charge in [0.2, 0.25) is 0 Å². The zero-order chi connectivity index (χ0) is 20.8. The molecule has 1 aliphatic rings. The summed E-state index contributed by atoms with van der Waals surface area (Å²) >= 11 is 0. The molecule has 2 aromatic rings. The van der Waals surface area contributed by atoms with Gasteiger partial charge >= 0.3 is 0 Å². The van der Waals surface area contributed by atoms with Crippen molar-refractivity contribution in [2.75, 3.05) is 44.7 Å². The van der Waals surface area contributed by atoms with Crippen LogP contribution < -0.4 is 14.4 Å². The highest BCUT2D eigenvalue weighted by Gasteiger charge is 2.25. The molecule has 0 radical (unpaired) electrons. The summed E-state index contributed by atoms with van der Waals surface area (Å²) in [5.41, 5.74) is 1.78. The van der Waals surface area contributed by atoms with Crippen LogP contribution >= 0.6 is 0 Å². The highest BCUT2D eigenvalue weighted by Crippen LogP contribution is 2.32. The van der Waals surface area contributed by atoms with Crippen molar-refractivity contribution < 1.29 is 19.4 Å². The van der Waals surface area contributed by atoms with Crippen molar-refractivity contribution in [2.24, 2.45) is 0 Å². The van der Waals surface area contributed by atoms with Gasteiger partial charge in [0.1, 0.15) is 30.3 Å². The predicted molar refractivity (Wildman–Crippen MR) is 114 cm³/mol. The summed E-state index contributed by atoms with van der Waals surface area (Å²) in [5, 5.41) is 10.3. The van der Waals surface area contributed by atoms with Crippen LogP contribution in [0.4, 0.5) is 5.69 Å². The summed E-state index contributed by atoms with van der Waals surface area (Å²) in [7, 11) is 1.98. The van der Waals surface area contributed by atoms with Crippen LogP contribution in [0.2, 0.25) is 0 Å². The number of ether oxygens (including phenoxy) is 2. The van der Waals surface area contributed by atoms with E-state index in [0.717, 1.165) is 31.1 Å². The van der Waals surface area contributed by atoms with Gasteiger partial charge in [-0.05, 0) is 57.3 Å². The molecule has 0 unspecified atom stereocenters. The first-order valence-corrected chi connectivity index (χ1v) is 10.1. The minimum atomic E-state index is -0.620. The molecule has 6 heteroatoms. The Morgan fingerprint density at radius 2 is 2.00 bits per heavy atom. The van der Waals surface area contributed by atoms with E-state index in [-0.39, 0.29) is 18.5 Å². The van der Waals surface area contributed by atoms with Crippen molar-refractivity contribution in [1.29, 1.82) is 0 Å². The molecule has 1 N–H and O–H groups in total. The number of nitrogens with zero attached hydrogens (tertiary/aromatic N) is 2. The molecule has 0 fully saturated rings. The number of hydrogen-bond acceptors (Lipinski definition) is 6. The Morgan fingerprint density at radius 3 is 2.69 bits per heavy atom. The van der Waals surface area contributed by atoms with Gasteiger partial charge in [0.05, 0.1) is 12.2 Å². The molecular formula is C23H30N2O4. The first kappa shape index (κ1) is 21.1. The van der Waals surface area contributed by atoms with E-state index in [4.69, 9.17) is 9.47 Å². The number of likely N-dealkylation sites (N-methyl/N-ethyl adjacent to an activating group) is 2. The number of aliphatic hydroxyl groups excluding tert-OH is 1. The monoisotopic (exact) mass is 398 g/mol. The number of ketones is 1. The normalized spacial score (nSPS) is 16.9. The van der Waals surface area contributed by atoms with Gasteiger partial charge in [-0.2, -0.15) is 0 Å². The summed E-state index contributed by atoms with van der Waals surface area (Å²) in [5.74, 6) is 1.58. The Labute approximate surface area is 172 Å². The van der Waals surface area contributed by atoms with Gasteiger partial charge in [0.25, 0.3) is 0 Å². The van der Waals surface area contributed by atoms with Crippen LogP contribution in [0.3, 0.4) is 0 Å². The van der Waals surface area contributed by atoms with Gasteiger partial charge < -0.3 is 19.5 Å². The number of anilines is 1. The van der Waals surface area contributed by atoms with E-state index in [9.17, 15) is 9.90 Å². The third-order valence-corrected chi connectivity index (χ3v) is 5.05. The molecule has 3 rings (SSSR count). The van der Waals surface area contributed by atoms with Crippen molar-refractivity contribution in [1.82, 2.24) is 4.90 Å². The van der Waals surface area contributed by atoms with Crippen LogP contribution in [0.1, 0.15) is 24.2 Å². The molecule has 0 bridgehead atoms. The maximum absolute atomic E-state index is 11.3. The minimum absolute atomic E-state index is 0.0207. The Balaban J connectivity index is 1.46. The van der Waals surface area contributed by atoms with Gasteiger partial charge in [0, 0.05) is 25.2 Å². The van der Waals surface area contributed by atoms with Gasteiger partial charge in [-0.1, -0.05) is 12.1 Å². The molecule has 2 aromatic carbocycles. The lowest BCUT2D eigenvalue weighted by molar-refractivity contribution is 0.0606. The predicted octanol–water partition coefficient (Wildman–Crippen LogP) is 2.85. The summed E-state index contributed by atoms with van der Waals surface area (Å²) in [4.78, 5) is 15.7. The van der Waals surface area contributed by atoms with E-state index < -0.39 is 6.10 Å². The second-order valence-electron chi connectivity index (χ2n) is 7.51. The number of fused-ring (bicyclic) bond motifs is 1. The molecule has 2 atom stereocenters. The van der Waals surface area contributed by atoms with Gasteiger partial charge in [-0.15, -0.1) is 0 Å². The van der Waals surface area contributed by atoms with Crippen LogP contribution in [0.25, 0.3) is 0 Å². The quantitative estimate of drug-likeness (QED) is 0.656. The van der Waals surface area contributed by atoms with E-state index in [0.29, 0.717) is 17.9 Å². The standard InChI is InChI=1S/C23H30N2O4/c1-4-25-15-21(29-23-8-6-5-7-22(23)25)14-24(3)13-19(27)16-28-20-11-9-18(10-12-20)17(2)26/h5-12,19,21,27H,4,13-16H2,1-3H3/t19-,21+/m0/s1. The van der Waals surface area contributed by atoms with Crippen molar-refractivity contribution in [2.45, 2.75) is 26.1 Å². The van der Waals surface area contributed by atoms with Crippen molar-refractivity contribution in [3.8, 4) is 11.5 Å². The second-order valence-corrected chi connectivity index (χ2v) is 7.51. The Kier molecular flexibility index (Phi) is 7.12. The first-order valence-electron chi connectivity index (χ1n) is 10.1. The Hall–Kier alpha value is -2.57. The molecule has 0 aliphatic carbocycles. The lowest BCUT2D eigenvalue weighted by atomic mass is 10.1. The maximum atomic E-state index is 11.3. The minimum Gasteiger partial charge on any atom is -0.491 e. The lowest BCUT2D eigenvalue weighted by Gasteiger charge is -2.37. The molecule has 0 amide bonds. The molecule has 156 valence electrons. The highest BCUT2D eigenvalue weighted by atomic mass is 16.5. The highest BCUT2D eigenvalue weighted by molar-refractivity contribution is 5.94. The molecule has 0 spiro atoms. The lowest BCUT2D eigenvalue weighted by Crippen LogP contribution is -2.47. The number of aliphatic hydroxyl groups is 1. The molecule has 0 saturated heterocycles. The van der Waals surface area contributed by atoms with Crippen molar-refractivity contribution in [3.05, 3.63) is 54.1 Å². The maximum Gasteiger partial charge on any atom is 0.159 e. The fourth-order valence-corrected chi connectivity index (χ4v) is 3.59. The van der Waals surface area contributed by atoms with Gasteiger partial charge in [-0.25, -0.2) is 0 Å². The molecule has 29 heavy (non-hydrogen) atoms. The average Bonchev–Trinajstić information content (AvgIpc) is 2.71. The van der Waals surface area contributed by atoms with E-state index in [1.54, 1.807) is 24.3 Å². The van der Waals surface area contributed by atoms with Crippen molar-refractivity contribution >= 4 is 11.5 Å². The Bertz CT molecular complexity index is 809. The van der Waals surface area contributed by atoms with E-state index in [2.05, 4.69) is 22.8 Å². The smallest absolute Gasteiger partial charge is 0.159 e. The summed E-state index contributed by atoms with van der Waals surface area (Å²) in [6.45, 7) is 6.83. The molecule has 6 nitrogen and oxygen atoms in total. The number of rotatable bonds is 9. The molecule has 0 aromatic heterocycles. The molecule has 1 aliphatic heterocycles. The number of carbonyl (C=O) groups excluding carboxylic acids is 1. The molecular weight excluding hydrogens is 368 g/mol. The van der Waals surface area contributed by atoms with Crippen LogP contribution in [0.15, 0.2) is 48.5 Å². The van der Waals surface area contributed by atoms with E-state index in [1.807, 2.05) is 25.2 Å². The zero-order valence-corrected chi connectivity index (χ0v) is 17.4. The van der Waals surface area contributed by atoms with E-state index in [1.165, 1.54) is 6.92 Å². The number of benzene rings is 2. The Morgan fingerprint density at radius 1 is 1.28 bits per heavy atom. The van der Waals surface area contributed by atoms with Crippen LogP contribution in [0, 0.1) is 0 Å². The third kappa shape index (κ3) is 5.71. The van der Waals surface area contributed by atoms with Crippen molar-refractivity contribution in [3.63, 3.8) is 0 Å². The number of hydrogen-bond donors (Lipinski definition) is 1. The first-order chi connectivity index (χ1) is 14.0. The fraction of sp³-hybridized carbons (Fsp3) is 0.435. The number of Topliss-reactive ketones (excluding diaryl/α,β-unsaturated/α-hetero) is 1. The largest absolute Gasteiger partial charge is 0.491 e. The molecule has 1 heterocycles. The van der Waals surface area contributed by atoms with Gasteiger partial charge in [0.15, 0.2) is 5.78 Å². The average molecular weight is 399 g/mol. The second kappa shape index (κ2) is 9.76. The number of para-hydroxylation sites is 2. The summed E-state index contributed by atoms with van der Waals surface area (Å²) < 4.78 is 11.8. The van der Waals surface area contributed by atoms with Crippen LogP contribution in [-0.2, 0) is 0 Å². The third-order valence-electron chi connectivity index (χ3n) is 5.05. The summed E-state index contributed by atoms with van der Waals surface area (Å²) in [6, 6.07) is 15.1. The number of carbonyl (C=O) groups is 1. The van der Waals surface area contributed by atoms with Gasteiger partial charge in [-0.3, -0.25) is 9.69 Å².